The van der Waals surface area contributed by atoms with Crippen LogP contribution in [0.4, 0.5) is 0 Å². The summed E-state index contributed by atoms with van der Waals surface area (Å²) in [5, 5.41) is 1.89. The monoisotopic (exact) mass is 346 g/mol. The molecule has 0 unspecified atom stereocenters. The lowest BCUT2D eigenvalue weighted by Crippen LogP contribution is -2.21. The standard InChI is InChI=1S/C21H22N4O/c1-3-25-11-10-16-9-8-15(12-19(16)25)13-24(2)14-20-22-18-7-5-4-6-17(18)21(26)23-20/h4-12H,3,13-14H2,1-2H3,(H,22,23,26). The number of rotatable bonds is 5. The zero-order valence-electron chi connectivity index (χ0n) is 15.1. The van der Waals surface area contributed by atoms with Gasteiger partial charge in [-0.05, 0) is 49.2 Å². The summed E-state index contributed by atoms with van der Waals surface area (Å²) >= 11 is 0. The Balaban J connectivity index is 1.55. The molecule has 5 nitrogen and oxygen atoms in total. The number of fused-ring (bicyclic) bond motifs is 2. The van der Waals surface area contributed by atoms with E-state index in [0.717, 1.165) is 18.6 Å². The van der Waals surface area contributed by atoms with Gasteiger partial charge in [0.25, 0.3) is 5.56 Å². The molecule has 5 heteroatoms. The van der Waals surface area contributed by atoms with Crippen LogP contribution in [0.15, 0.2) is 59.5 Å². The van der Waals surface area contributed by atoms with Crippen molar-refractivity contribution in [2.75, 3.05) is 7.05 Å². The number of aryl methyl sites for hydroxylation is 1. The molecule has 2 aromatic carbocycles. The summed E-state index contributed by atoms with van der Waals surface area (Å²) in [4.78, 5) is 21.9. The Bertz CT molecular complexity index is 1130. The number of H-pyrrole nitrogens is 1. The quantitative estimate of drug-likeness (QED) is 0.601. The summed E-state index contributed by atoms with van der Waals surface area (Å²) in [6.07, 6.45) is 2.13. The van der Waals surface area contributed by atoms with E-state index >= 15 is 0 Å². The fraction of sp³-hybridized carbons (Fsp3) is 0.238. The lowest BCUT2D eigenvalue weighted by Gasteiger charge is -2.16. The van der Waals surface area contributed by atoms with Gasteiger partial charge in [0.1, 0.15) is 5.82 Å². The Kier molecular flexibility index (Phi) is 4.31. The van der Waals surface area contributed by atoms with Crippen molar-refractivity contribution in [2.24, 2.45) is 0 Å². The molecule has 0 spiro atoms. The van der Waals surface area contributed by atoms with Gasteiger partial charge in [-0.1, -0.05) is 24.3 Å². The first-order valence-electron chi connectivity index (χ1n) is 8.88. The summed E-state index contributed by atoms with van der Waals surface area (Å²) in [7, 11) is 2.04. The van der Waals surface area contributed by atoms with Gasteiger partial charge in [-0.25, -0.2) is 4.98 Å². The molecule has 0 atom stereocenters. The van der Waals surface area contributed by atoms with Crippen LogP contribution in [0.25, 0.3) is 21.8 Å². The molecule has 0 bridgehead atoms. The van der Waals surface area contributed by atoms with Crippen LogP contribution in [0.5, 0.6) is 0 Å². The summed E-state index contributed by atoms with van der Waals surface area (Å²) in [6, 6.07) is 16.2. The van der Waals surface area contributed by atoms with Crippen molar-refractivity contribution < 1.29 is 0 Å². The molecule has 132 valence electrons. The Labute approximate surface area is 151 Å². The third-order valence-electron chi connectivity index (χ3n) is 4.71. The molecule has 2 heterocycles. The minimum Gasteiger partial charge on any atom is -0.348 e. The first-order chi connectivity index (χ1) is 12.6. The van der Waals surface area contributed by atoms with Crippen LogP contribution < -0.4 is 5.56 Å². The Hall–Kier alpha value is -2.92. The highest BCUT2D eigenvalue weighted by Crippen LogP contribution is 2.19. The lowest BCUT2D eigenvalue weighted by molar-refractivity contribution is 0.311. The van der Waals surface area contributed by atoms with E-state index in [0.29, 0.717) is 17.8 Å². The molecule has 0 aliphatic rings. The van der Waals surface area contributed by atoms with Crippen LogP contribution in [-0.2, 0) is 19.6 Å². The zero-order chi connectivity index (χ0) is 18.1. The van der Waals surface area contributed by atoms with E-state index in [1.165, 1.54) is 16.5 Å². The molecule has 0 radical (unpaired) electrons. The van der Waals surface area contributed by atoms with Crippen LogP contribution in [0.3, 0.4) is 0 Å². The molecule has 0 fully saturated rings. The van der Waals surface area contributed by atoms with E-state index in [-0.39, 0.29) is 5.56 Å². The van der Waals surface area contributed by atoms with E-state index in [9.17, 15) is 4.79 Å². The van der Waals surface area contributed by atoms with Crippen molar-refractivity contribution in [3.63, 3.8) is 0 Å². The number of aromatic amines is 1. The predicted molar refractivity (Wildman–Crippen MR) is 105 cm³/mol. The number of para-hydroxylation sites is 1. The van der Waals surface area contributed by atoms with E-state index < -0.39 is 0 Å². The van der Waals surface area contributed by atoms with Crippen LogP contribution in [0, 0.1) is 0 Å². The topological polar surface area (TPSA) is 53.9 Å². The summed E-state index contributed by atoms with van der Waals surface area (Å²) in [6.45, 7) is 4.50. The van der Waals surface area contributed by atoms with Crippen LogP contribution in [-0.4, -0.2) is 26.5 Å². The van der Waals surface area contributed by atoms with E-state index in [2.05, 4.69) is 56.8 Å². The minimum absolute atomic E-state index is 0.0822. The number of nitrogens with one attached hydrogen (secondary N) is 1. The average Bonchev–Trinajstić information content (AvgIpc) is 3.04. The van der Waals surface area contributed by atoms with Crippen LogP contribution in [0.1, 0.15) is 18.3 Å². The van der Waals surface area contributed by atoms with Gasteiger partial charge >= 0.3 is 0 Å². The highest BCUT2D eigenvalue weighted by Gasteiger charge is 2.08. The number of hydrogen-bond donors (Lipinski definition) is 1. The van der Waals surface area contributed by atoms with Gasteiger partial charge in [0, 0.05) is 24.8 Å². The minimum atomic E-state index is -0.0822. The fourth-order valence-corrected chi connectivity index (χ4v) is 3.44. The molecule has 0 amide bonds. The summed E-state index contributed by atoms with van der Waals surface area (Å²) < 4.78 is 2.25. The van der Waals surface area contributed by atoms with Gasteiger partial charge in [0.05, 0.1) is 17.4 Å². The second-order valence-electron chi connectivity index (χ2n) is 6.70. The van der Waals surface area contributed by atoms with Crippen LogP contribution in [0.2, 0.25) is 0 Å². The number of nitrogens with zero attached hydrogens (tertiary/aromatic N) is 3. The van der Waals surface area contributed by atoms with Crippen LogP contribution >= 0.6 is 0 Å². The zero-order valence-corrected chi connectivity index (χ0v) is 15.1. The first kappa shape index (κ1) is 16.5. The number of hydrogen-bond acceptors (Lipinski definition) is 3. The van der Waals surface area contributed by atoms with Crippen molar-refractivity contribution >= 4 is 21.8 Å². The van der Waals surface area contributed by atoms with Gasteiger partial charge in [-0.3, -0.25) is 9.69 Å². The highest BCUT2D eigenvalue weighted by atomic mass is 16.1. The molecule has 4 rings (SSSR count). The normalized spacial score (nSPS) is 11.7. The second kappa shape index (κ2) is 6.77. The van der Waals surface area contributed by atoms with Crippen molar-refractivity contribution in [3.05, 3.63) is 76.5 Å². The highest BCUT2D eigenvalue weighted by molar-refractivity contribution is 5.80. The van der Waals surface area contributed by atoms with E-state index in [1.54, 1.807) is 6.07 Å². The predicted octanol–water partition coefficient (Wildman–Crippen LogP) is 3.53. The van der Waals surface area contributed by atoms with Gasteiger partial charge in [0.15, 0.2) is 0 Å². The molecule has 0 saturated heterocycles. The Morgan fingerprint density at radius 3 is 2.81 bits per heavy atom. The Morgan fingerprint density at radius 2 is 1.96 bits per heavy atom. The van der Waals surface area contributed by atoms with Gasteiger partial charge in [-0.15, -0.1) is 0 Å². The molecule has 0 aliphatic carbocycles. The summed E-state index contributed by atoms with van der Waals surface area (Å²) in [5.41, 5.74) is 3.16. The van der Waals surface area contributed by atoms with E-state index in [1.807, 2.05) is 25.2 Å². The van der Waals surface area contributed by atoms with Crippen molar-refractivity contribution in [2.45, 2.75) is 26.6 Å². The van der Waals surface area contributed by atoms with Crippen molar-refractivity contribution in [1.82, 2.24) is 19.4 Å². The largest absolute Gasteiger partial charge is 0.348 e. The molecular formula is C21H22N4O. The molecule has 2 aromatic heterocycles. The third-order valence-corrected chi connectivity index (χ3v) is 4.71. The molecular weight excluding hydrogens is 324 g/mol. The third kappa shape index (κ3) is 3.13. The molecule has 0 aliphatic heterocycles. The lowest BCUT2D eigenvalue weighted by atomic mass is 10.1. The maximum Gasteiger partial charge on any atom is 0.258 e. The Morgan fingerprint density at radius 1 is 1.12 bits per heavy atom. The average molecular weight is 346 g/mol. The fourth-order valence-electron chi connectivity index (χ4n) is 3.44. The van der Waals surface area contributed by atoms with Gasteiger partial charge < -0.3 is 9.55 Å². The maximum atomic E-state index is 12.2. The van der Waals surface area contributed by atoms with Crippen molar-refractivity contribution in [3.8, 4) is 0 Å². The molecule has 0 saturated carbocycles. The molecule has 26 heavy (non-hydrogen) atoms. The van der Waals surface area contributed by atoms with Gasteiger partial charge in [-0.2, -0.15) is 0 Å². The maximum absolute atomic E-state index is 12.2. The number of benzene rings is 2. The second-order valence-corrected chi connectivity index (χ2v) is 6.70. The van der Waals surface area contributed by atoms with Crippen molar-refractivity contribution in [1.29, 1.82) is 0 Å². The molecule has 4 aromatic rings. The molecule has 1 N–H and O–H groups in total. The SMILES string of the molecule is CCn1ccc2ccc(CN(C)Cc3nc4ccccc4c(=O)[nH]3)cc21. The number of aromatic nitrogens is 3. The summed E-state index contributed by atoms with van der Waals surface area (Å²) in [5.74, 6) is 0.689. The van der Waals surface area contributed by atoms with E-state index in [4.69, 9.17) is 0 Å². The smallest absolute Gasteiger partial charge is 0.258 e. The first-order valence-corrected chi connectivity index (χ1v) is 8.88. The van der Waals surface area contributed by atoms with Gasteiger partial charge in [0.2, 0.25) is 0 Å².